The summed E-state index contributed by atoms with van der Waals surface area (Å²) in [6.45, 7) is 0. The summed E-state index contributed by atoms with van der Waals surface area (Å²) in [5.74, 6) is 0.432. The Morgan fingerprint density at radius 3 is 2.47 bits per heavy atom. The van der Waals surface area contributed by atoms with Crippen LogP contribution in [0.15, 0.2) is 36.5 Å². The first kappa shape index (κ1) is 13.2. The molecule has 2 aromatic rings. The van der Waals surface area contributed by atoms with Crippen LogP contribution in [0.5, 0.6) is 17.6 Å². The van der Waals surface area contributed by atoms with E-state index < -0.39 is 7.12 Å². The zero-order chi connectivity index (χ0) is 13.7. The van der Waals surface area contributed by atoms with Gasteiger partial charge in [0.15, 0.2) is 5.75 Å². The molecule has 19 heavy (non-hydrogen) atoms. The molecule has 98 valence electrons. The molecule has 0 saturated carbocycles. The summed E-state index contributed by atoms with van der Waals surface area (Å²) in [4.78, 5) is 7.87. The highest BCUT2D eigenvalue weighted by atomic mass is 16.5. The van der Waals surface area contributed by atoms with E-state index in [-0.39, 0.29) is 17.6 Å². The molecule has 1 aromatic carbocycles. The summed E-state index contributed by atoms with van der Waals surface area (Å²) in [7, 11) is 1.78. The van der Waals surface area contributed by atoms with Crippen LogP contribution in [-0.4, -0.2) is 36.3 Å². The number of methoxy groups -OCH3 is 2. The second-order valence-electron chi connectivity index (χ2n) is 3.61. The van der Waals surface area contributed by atoms with Crippen LogP contribution in [0, 0.1) is 0 Å². The van der Waals surface area contributed by atoms with Crippen molar-refractivity contribution in [2.45, 2.75) is 0 Å². The van der Waals surface area contributed by atoms with E-state index in [1.54, 1.807) is 12.1 Å². The Morgan fingerprint density at radius 1 is 1.11 bits per heavy atom. The fraction of sp³-hybridized carbons (Fsp3) is 0.167. The monoisotopic (exact) mass is 260 g/mol. The number of hydrogen-bond donors (Lipinski definition) is 1. The van der Waals surface area contributed by atoms with Gasteiger partial charge in [-0.25, -0.2) is 0 Å². The molecule has 0 saturated heterocycles. The van der Waals surface area contributed by atoms with E-state index in [1.807, 2.05) is 18.2 Å². The Hall–Kier alpha value is -2.28. The van der Waals surface area contributed by atoms with Gasteiger partial charge in [-0.05, 0) is 5.46 Å². The Kier molecular flexibility index (Phi) is 4.20. The lowest BCUT2D eigenvalue weighted by molar-refractivity contribution is 0.333. The first-order valence-corrected chi connectivity index (χ1v) is 5.59. The molecule has 0 atom stereocenters. The largest absolute Gasteiger partial charge is 0.560 e. The normalized spacial score (nSPS) is 9.84. The molecule has 0 aliphatic rings. The van der Waals surface area contributed by atoms with Crippen LogP contribution in [0.1, 0.15) is 0 Å². The molecular formula is C12H13BN2O4. The number of nitrogens with zero attached hydrogens (tertiary/aromatic N) is 2. The van der Waals surface area contributed by atoms with Crippen molar-refractivity contribution in [3.05, 3.63) is 36.5 Å². The SMILES string of the molecule is COc1ncc(OB(O)c2ccccc2)c(OC)n1. The third-order valence-electron chi connectivity index (χ3n) is 2.40. The highest BCUT2D eigenvalue weighted by molar-refractivity contribution is 6.60. The van der Waals surface area contributed by atoms with Gasteiger partial charge in [-0.2, -0.15) is 9.97 Å². The van der Waals surface area contributed by atoms with Gasteiger partial charge in [-0.3, -0.25) is 0 Å². The minimum atomic E-state index is -1.12. The van der Waals surface area contributed by atoms with Gasteiger partial charge in [-0.15, -0.1) is 0 Å². The van der Waals surface area contributed by atoms with E-state index in [0.29, 0.717) is 5.46 Å². The predicted molar refractivity (Wildman–Crippen MR) is 69.8 cm³/mol. The standard InChI is InChI=1S/C12H13BN2O4/c1-17-11-10(8-14-12(15-11)18-2)19-13(16)9-6-4-3-5-7-9/h3-8,16H,1-2H3. The predicted octanol–water partition coefficient (Wildman–Crippen LogP) is 0.260. The second kappa shape index (κ2) is 6.06. The van der Waals surface area contributed by atoms with Crippen molar-refractivity contribution in [1.82, 2.24) is 9.97 Å². The molecule has 2 rings (SSSR count). The van der Waals surface area contributed by atoms with Crippen LogP contribution in [0.25, 0.3) is 0 Å². The lowest BCUT2D eigenvalue weighted by Crippen LogP contribution is -2.36. The topological polar surface area (TPSA) is 73.7 Å². The van der Waals surface area contributed by atoms with E-state index in [9.17, 15) is 5.02 Å². The fourth-order valence-corrected chi connectivity index (χ4v) is 1.47. The minimum absolute atomic E-state index is 0.165. The maximum atomic E-state index is 9.96. The van der Waals surface area contributed by atoms with Crippen LogP contribution < -0.4 is 19.6 Å². The smallest absolute Gasteiger partial charge is 0.527 e. The maximum Gasteiger partial charge on any atom is 0.560 e. The van der Waals surface area contributed by atoms with Gasteiger partial charge in [0.05, 0.1) is 20.4 Å². The first-order chi connectivity index (χ1) is 9.24. The summed E-state index contributed by atoms with van der Waals surface area (Å²) >= 11 is 0. The minimum Gasteiger partial charge on any atom is -0.527 e. The van der Waals surface area contributed by atoms with Crippen molar-refractivity contribution >= 4 is 12.6 Å². The lowest BCUT2D eigenvalue weighted by atomic mass is 9.79. The van der Waals surface area contributed by atoms with Crippen molar-refractivity contribution in [1.29, 1.82) is 0 Å². The van der Waals surface area contributed by atoms with Gasteiger partial charge in [0.2, 0.25) is 0 Å². The number of rotatable bonds is 5. The zero-order valence-electron chi connectivity index (χ0n) is 10.6. The van der Waals surface area contributed by atoms with Gasteiger partial charge in [0.1, 0.15) is 0 Å². The number of hydrogen-bond acceptors (Lipinski definition) is 6. The Morgan fingerprint density at radius 2 is 1.84 bits per heavy atom. The van der Waals surface area contributed by atoms with Gasteiger partial charge in [0, 0.05) is 0 Å². The molecule has 6 nitrogen and oxygen atoms in total. The molecule has 0 aliphatic heterocycles. The Labute approximate surface area is 111 Å². The van der Waals surface area contributed by atoms with Crippen LogP contribution in [0.3, 0.4) is 0 Å². The second-order valence-corrected chi connectivity index (χ2v) is 3.61. The molecule has 7 heteroatoms. The lowest BCUT2D eigenvalue weighted by Gasteiger charge is -2.12. The van der Waals surface area contributed by atoms with E-state index in [4.69, 9.17) is 14.1 Å². The summed E-state index contributed by atoms with van der Waals surface area (Å²) < 4.78 is 15.3. The molecule has 0 bridgehead atoms. The summed E-state index contributed by atoms with van der Waals surface area (Å²) in [5, 5.41) is 9.96. The van der Waals surface area contributed by atoms with Crippen molar-refractivity contribution in [2.24, 2.45) is 0 Å². The molecule has 1 N–H and O–H groups in total. The van der Waals surface area contributed by atoms with Crippen LogP contribution in [0.4, 0.5) is 0 Å². The zero-order valence-corrected chi connectivity index (χ0v) is 10.6. The third-order valence-corrected chi connectivity index (χ3v) is 2.40. The molecule has 0 unspecified atom stereocenters. The van der Waals surface area contributed by atoms with Crippen LogP contribution in [-0.2, 0) is 0 Å². The van der Waals surface area contributed by atoms with Gasteiger partial charge in [0.25, 0.3) is 5.88 Å². The van der Waals surface area contributed by atoms with Crippen LogP contribution in [0.2, 0.25) is 0 Å². The third kappa shape index (κ3) is 3.14. The van der Waals surface area contributed by atoms with E-state index in [0.717, 1.165) is 0 Å². The van der Waals surface area contributed by atoms with Crippen molar-refractivity contribution in [3.8, 4) is 17.6 Å². The van der Waals surface area contributed by atoms with E-state index in [2.05, 4.69) is 9.97 Å². The highest BCUT2D eigenvalue weighted by Crippen LogP contribution is 2.25. The van der Waals surface area contributed by atoms with Gasteiger partial charge < -0.3 is 19.2 Å². The van der Waals surface area contributed by atoms with Crippen LogP contribution >= 0.6 is 0 Å². The fourth-order valence-electron chi connectivity index (χ4n) is 1.47. The molecule has 1 heterocycles. The average molecular weight is 260 g/mol. The first-order valence-electron chi connectivity index (χ1n) is 5.59. The molecule has 0 spiro atoms. The number of benzene rings is 1. The molecule has 0 fully saturated rings. The molecule has 0 amide bonds. The molecule has 1 aromatic heterocycles. The molecular weight excluding hydrogens is 247 g/mol. The van der Waals surface area contributed by atoms with E-state index in [1.165, 1.54) is 20.4 Å². The van der Waals surface area contributed by atoms with E-state index >= 15 is 0 Å². The van der Waals surface area contributed by atoms with Crippen molar-refractivity contribution in [2.75, 3.05) is 14.2 Å². The molecule has 0 radical (unpaired) electrons. The summed E-state index contributed by atoms with van der Waals surface area (Å²) in [6.07, 6.45) is 1.39. The van der Waals surface area contributed by atoms with Crippen molar-refractivity contribution in [3.63, 3.8) is 0 Å². The van der Waals surface area contributed by atoms with Gasteiger partial charge >= 0.3 is 13.1 Å². The average Bonchev–Trinajstić information content (AvgIpc) is 2.48. The maximum absolute atomic E-state index is 9.96. The Balaban J connectivity index is 2.19. The van der Waals surface area contributed by atoms with Crippen molar-refractivity contribution < 1.29 is 19.2 Å². The Bertz CT molecular complexity index is 539. The summed E-state index contributed by atoms with van der Waals surface area (Å²) in [6, 6.07) is 9.14. The number of aromatic nitrogens is 2. The quantitative estimate of drug-likeness (QED) is 0.777. The van der Waals surface area contributed by atoms with Gasteiger partial charge in [-0.1, -0.05) is 30.3 Å². The summed E-state index contributed by atoms with van der Waals surface area (Å²) in [5.41, 5.74) is 0.625. The highest BCUT2D eigenvalue weighted by Gasteiger charge is 2.21. The molecule has 0 aliphatic carbocycles. The number of ether oxygens (including phenoxy) is 2.